The number of hydrogen-bond acceptors (Lipinski definition) is 5. The molecule has 90 valence electrons. The third kappa shape index (κ3) is 1.64. The van der Waals surface area contributed by atoms with Crippen molar-refractivity contribution in [3.63, 3.8) is 0 Å². The molecule has 0 spiro atoms. The van der Waals surface area contributed by atoms with E-state index in [1.54, 1.807) is 0 Å². The average molecular weight is 251 g/mol. The van der Waals surface area contributed by atoms with Crippen molar-refractivity contribution in [3.05, 3.63) is 24.3 Å². The second-order valence-electron chi connectivity index (χ2n) is 4.20. The first-order valence-electron chi connectivity index (χ1n) is 5.44. The quantitative estimate of drug-likeness (QED) is 0.781. The van der Waals surface area contributed by atoms with Gasteiger partial charge in [0.15, 0.2) is 0 Å². The SMILES string of the molecule is Cc1ncnc2c1ccn2C1SCC(O)C1O. The molecule has 0 aliphatic carbocycles. The summed E-state index contributed by atoms with van der Waals surface area (Å²) in [5.74, 6) is 0.551. The molecule has 3 heterocycles. The highest BCUT2D eigenvalue weighted by Gasteiger charge is 2.36. The first kappa shape index (κ1) is 11.0. The van der Waals surface area contributed by atoms with Crippen LogP contribution in [0.25, 0.3) is 11.0 Å². The topological polar surface area (TPSA) is 71.2 Å². The lowest BCUT2D eigenvalue weighted by Crippen LogP contribution is -2.27. The van der Waals surface area contributed by atoms with Crippen LogP contribution in [-0.4, -0.2) is 42.7 Å². The predicted molar refractivity (Wildman–Crippen MR) is 65.8 cm³/mol. The Balaban J connectivity index is 2.10. The number of aliphatic hydroxyl groups is 2. The summed E-state index contributed by atoms with van der Waals surface area (Å²) in [6.07, 6.45) is 2.01. The van der Waals surface area contributed by atoms with E-state index >= 15 is 0 Å². The minimum atomic E-state index is -0.745. The fourth-order valence-electron chi connectivity index (χ4n) is 2.13. The minimum Gasteiger partial charge on any atom is -0.389 e. The van der Waals surface area contributed by atoms with E-state index in [0.29, 0.717) is 5.75 Å². The largest absolute Gasteiger partial charge is 0.389 e. The number of aromatic nitrogens is 3. The third-order valence-corrected chi connectivity index (χ3v) is 4.49. The molecule has 2 aromatic rings. The number of aryl methyl sites for hydroxylation is 1. The van der Waals surface area contributed by atoms with Gasteiger partial charge in [0, 0.05) is 17.3 Å². The van der Waals surface area contributed by atoms with Crippen LogP contribution >= 0.6 is 11.8 Å². The molecular weight excluding hydrogens is 238 g/mol. The van der Waals surface area contributed by atoms with Gasteiger partial charge in [-0.15, -0.1) is 11.8 Å². The lowest BCUT2D eigenvalue weighted by molar-refractivity contribution is 0.0314. The molecule has 1 saturated heterocycles. The van der Waals surface area contributed by atoms with Gasteiger partial charge in [-0.3, -0.25) is 0 Å². The van der Waals surface area contributed by atoms with E-state index in [9.17, 15) is 10.2 Å². The van der Waals surface area contributed by atoms with Crippen LogP contribution in [0.2, 0.25) is 0 Å². The Hall–Kier alpha value is -1.11. The number of fused-ring (bicyclic) bond motifs is 1. The van der Waals surface area contributed by atoms with Crippen molar-refractivity contribution in [1.29, 1.82) is 0 Å². The molecule has 0 saturated carbocycles. The third-order valence-electron chi connectivity index (χ3n) is 3.11. The summed E-state index contributed by atoms with van der Waals surface area (Å²) in [7, 11) is 0. The Morgan fingerprint density at radius 1 is 1.41 bits per heavy atom. The van der Waals surface area contributed by atoms with Crippen molar-refractivity contribution in [2.75, 3.05) is 5.75 Å². The van der Waals surface area contributed by atoms with Gasteiger partial charge in [0.25, 0.3) is 0 Å². The van der Waals surface area contributed by atoms with Crippen molar-refractivity contribution in [1.82, 2.24) is 14.5 Å². The molecule has 0 bridgehead atoms. The molecule has 17 heavy (non-hydrogen) atoms. The van der Waals surface area contributed by atoms with Gasteiger partial charge in [-0.1, -0.05) is 0 Å². The Morgan fingerprint density at radius 2 is 2.24 bits per heavy atom. The van der Waals surface area contributed by atoms with Gasteiger partial charge in [-0.25, -0.2) is 9.97 Å². The van der Waals surface area contributed by atoms with Crippen molar-refractivity contribution in [3.8, 4) is 0 Å². The lowest BCUT2D eigenvalue weighted by atomic mass is 10.2. The van der Waals surface area contributed by atoms with Crippen LogP contribution in [0, 0.1) is 6.92 Å². The van der Waals surface area contributed by atoms with Gasteiger partial charge in [-0.05, 0) is 13.0 Å². The molecule has 2 N–H and O–H groups in total. The number of hydrogen-bond donors (Lipinski definition) is 2. The standard InChI is InChI=1S/C11H13N3O2S/c1-6-7-2-3-14(10(7)13-5-12-6)11-9(16)8(15)4-17-11/h2-3,5,8-9,11,15-16H,4H2,1H3. The summed E-state index contributed by atoms with van der Waals surface area (Å²) in [6.45, 7) is 1.93. The smallest absolute Gasteiger partial charge is 0.144 e. The maximum atomic E-state index is 9.92. The van der Waals surface area contributed by atoms with Crippen LogP contribution in [0.3, 0.4) is 0 Å². The zero-order valence-corrected chi connectivity index (χ0v) is 10.1. The van der Waals surface area contributed by atoms with Gasteiger partial charge in [0.1, 0.15) is 23.5 Å². The van der Waals surface area contributed by atoms with Crippen molar-refractivity contribution < 1.29 is 10.2 Å². The summed E-state index contributed by atoms with van der Waals surface area (Å²) in [6, 6.07) is 1.95. The lowest BCUT2D eigenvalue weighted by Gasteiger charge is -2.17. The molecule has 6 heteroatoms. The van der Waals surface area contributed by atoms with Gasteiger partial charge < -0.3 is 14.8 Å². The van der Waals surface area contributed by atoms with Crippen molar-refractivity contribution in [2.45, 2.75) is 24.5 Å². The summed E-state index contributed by atoms with van der Waals surface area (Å²) in [5.41, 5.74) is 1.73. The fourth-order valence-corrected chi connectivity index (χ4v) is 3.43. The maximum absolute atomic E-state index is 9.92. The van der Waals surface area contributed by atoms with Crippen molar-refractivity contribution >= 4 is 22.8 Å². The maximum Gasteiger partial charge on any atom is 0.144 e. The van der Waals surface area contributed by atoms with Crippen LogP contribution in [0.5, 0.6) is 0 Å². The molecule has 0 aromatic carbocycles. The number of rotatable bonds is 1. The normalized spacial score (nSPS) is 29.0. The molecular formula is C11H13N3O2S. The molecule has 0 radical (unpaired) electrons. The van der Waals surface area contributed by atoms with E-state index in [1.807, 2.05) is 23.8 Å². The summed E-state index contributed by atoms with van der Waals surface area (Å²) < 4.78 is 1.91. The first-order chi connectivity index (χ1) is 8.18. The van der Waals surface area contributed by atoms with Crippen LogP contribution in [0.4, 0.5) is 0 Å². The van der Waals surface area contributed by atoms with Gasteiger partial charge >= 0.3 is 0 Å². The summed E-state index contributed by atoms with van der Waals surface area (Å²) in [4.78, 5) is 8.39. The van der Waals surface area contributed by atoms with Gasteiger partial charge in [-0.2, -0.15) is 0 Å². The summed E-state index contributed by atoms with van der Waals surface area (Å²) >= 11 is 1.54. The van der Waals surface area contributed by atoms with Crippen LogP contribution in [0.15, 0.2) is 18.6 Å². The Morgan fingerprint density at radius 3 is 2.94 bits per heavy atom. The molecule has 1 aliphatic heterocycles. The van der Waals surface area contributed by atoms with Gasteiger partial charge in [0.05, 0.1) is 11.8 Å². The highest BCUT2D eigenvalue weighted by atomic mass is 32.2. The number of thioether (sulfide) groups is 1. The van der Waals surface area contributed by atoms with E-state index < -0.39 is 12.2 Å². The predicted octanol–water partition coefficient (Wildman–Crippen LogP) is 0.707. The average Bonchev–Trinajstić information content (AvgIpc) is 2.86. The zero-order valence-electron chi connectivity index (χ0n) is 9.32. The highest BCUT2D eigenvalue weighted by molar-refractivity contribution is 7.99. The zero-order chi connectivity index (χ0) is 12.0. The van der Waals surface area contributed by atoms with E-state index in [2.05, 4.69) is 9.97 Å². The fraction of sp³-hybridized carbons (Fsp3) is 0.455. The highest BCUT2D eigenvalue weighted by Crippen LogP contribution is 2.38. The van der Waals surface area contributed by atoms with Crippen LogP contribution in [0.1, 0.15) is 11.1 Å². The molecule has 3 atom stereocenters. The second-order valence-corrected chi connectivity index (χ2v) is 5.35. The molecule has 3 unspecified atom stereocenters. The first-order valence-corrected chi connectivity index (χ1v) is 6.49. The monoisotopic (exact) mass is 251 g/mol. The molecule has 3 rings (SSSR count). The van der Waals surface area contributed by atoms with Gasteiger partial charge in [0.2, 0.25) is 0 Å². The summed E-state index contributed by atoms with van der Waals surface area (Å²) in [5, 5.41) is 20.3. The van der Waals surface area contributed by atoms with Crippen molar-refractivity contribution in [2.24, 2.45) is 0 Å². The molecule has 0 amide bonds. The Bertz CT molecular complexity index is 557. The van der Waals surface area contributed by atoms with E-state index in [4.69, 9.17) is 0 Å². The van der Waals surface area contributed by atoms with Crippen LogP contribution in [-0.2, 0) is 0 Å². The minimum absolute atomic E-state index is 0.170. The Labute approximate surface area is 103 Å². The number of nitrogens with zero attached hydrogens (tertiary/aromatic N) is 3. The Kier molecular flexibility index (Phi) is 2.57. The van der Waals surface area contributed by atoms with Crippen LogP contribution < -0.4 is 0 Å². The molecule has 2 aromatic heterocycles. The molecule has 1 aliphatic rings. The van der Waals surface area contributed by atoms with E-state index in [-0.39, 0.29) is 5.37 Å². The van der Waals surface area contributed by atoms with E-state index in [0.717, 1.165) is 16.7 Å². The number of aliphatic hydroxyl groups excluding tert-OH is 2. The van der Waals surface area contributed by atoms with E-state index in [1.165, 1.54) is 18.1 Å². The second kappa shape index (κ2) is 3.97. The molecule has 1 fully saturated rings. The molecule has 5 nitrogen and oxygen atoms in total.